The van der Waals surface area contributed by atoms with Crippen LogP contribution in [0.25, 0.3) is 0 Å². The number of esters is 1. The number of aliphatic hydroxyl groups is 2. The van der Waals surface area contributed by atoms with Crippen molar-refractivity contribution in [3.8, 4) is 0 Å². The van der Waals surface area contributed by atoms with Gasteiger partial charge in [0.2, 0.25) is 5.91 Å². The number of ether oxygens (including phenoxy) is 1. The largest absolute Gasteiger partial charge is 0.458 e. The molecule has 6 nitrogen and oxygen atoms in total. The first-order valence-electron chi connectivity index (χ1n) is 24.1. The molecular weight excluding hydrogens is 731 g/mol. The van der Waals surface area contributed by atoms with Crippen LogP contribution in [0.5, 0.6) is 0 Å². The number of unbranched alkanes of at least 4 members (excludes halogenated alkanes) is 20. The normalized spacial score (nSPS) is 14.2. The lowest BCUT2D eigenvalue weighted by atomic mass is 10.0. The summed E-state index contributed by atoms with van der Waals surface area (Å²) in [6.07, 6.45) is 60.6. The van der Waals surface area contributed by atoms with E-state index in [1.165, 1.54) is 96.3 Å². The molecule has 336 valence electrons. The van der Waals surface area contributed by atoms with Crippen LogP contribution in [0.15, 0.2) is 97.2 Å². The van der Waals surface area contributed by atoms with Crippen molar-refractivity contribution in [3.05, 3.63) is 97.2 Å². The van der Waals surface area contributed by atoms with Crippen molar-refractivity contribution in [3.63, 3.8) is 0 Å². The summed E-state index contributed by atoms with van der Waals surface area (Å²) in [6, 6.07) is -0.746. The lowest BCUT2D eigenvalue weighted by Gasteiger charge is -2.23. The van der Waals surface area contributed by atoms with E-state index < -0.39 is 18.2 Å². The topological polar surface area (TPSA) is 95.9 Å². The molecule has 0 saturated heterocycles. The number of allylic oxidation sites excluding steroid dienone is 15. The molecule has 59 heavy (non-hydrogen) atoms. The van der Waals surface area contributed by atoms with Crippen molar-refractivity contribution in [2.24, 2.45) is 0 Å². The Balaban J connectivity index is 4.76. The lowest BCUT2D eigenvalue weighted by Crippen LogP contribution is -2.46. The van der Waals surface area contributed by atoms with Crippen LogP contribution < -0.4 is 5.32 Å². The molecule has 0 aliphatic rings. The molecule has 6 heteroatoms. The predicted molar refractivity (Wildman–Crippen MR) is 254 cm³/mol. The van der Waals surface area contributed by atoms with Gasteiger partial charge in [-0.1, -0.05) is 227 Å². The number of aliphatic hydroxyl groups excluding tert-OH is 2. The average Bonchev–Trinajstić information content (AvgIpc) is 3.23. The fourth-order valence-corrected chi connectivity index (χ4v) is 6.66. The van der Waals surface area contributed by atoms with Gasteiger partial charge < -0.3 is 20.3 Å². The van der Waals surface area contributed by atoms with Crippen LogP contribution >= 0.6 is 0 Å². The van der Waals surface area contributed by atoms with Gasteiger partial charge in [0.25, 0.3) is 0 Å². The molecule has 0 radical (unpaired) electrons. The van der Waals surface area contributed by atoms with Crippen LogP contribution in [0.1, 0.15) is 201 Å². The van der Waals surface area contributed by atoms with E-state index in [-0.39, 0.29) is 24.9 Å². The van der Waals surface area contributed by atoms with E-state index in [0.29, 0.717) is 19.3 Å². The number of hydrogen-bond donors (Lipinski definition) is 3. The Morgan fingerprint density at radius 3 is 1.56 bits per heavy atom. The van der Waals surface area contributed by atoms with Crippen LogP contribution in [0.2, 0.25) is 0 Å². The van der Waals surface area contributed by atoms with Gasteiger partial charge in [-0.15, -0.1) is 0 Å². The van der Waals surface area contributed by atoms with Gasteiger partial charge in [0.1, 0.15) is 6.10 Å². The van der Waals surface area contributed by atoms with E-state index in [1.807, 2.05) is 66.8 Å². The van der Waals surface area contributed by atoms with E-state index in [9.17, 15) is 19.8 Å². The summed E-state index contributed by atoms with van der Waals surface area (Å²) in [4.78, 5) is 26.0. The highest BCUT2D eigenvalue weighted by molar-refractivity contribution is 5.78. The van der Waals surface area contributed by atoms with Crippen LogP contribution in [-0.2, 0) is 14.3 Å². The van der Waals surface area contributed by atoms with E-state index >= 15 is 0 Å². The standard InChI is InChI=1S/C53H89NO5/c1-4-7-10-13-16-19-22-24-25-26-27-28-31-34-37-40-43-46-53(58)59-49(44-41-38-35-32-29-21-18-15-12-9-6-3)47-52(57)54-50(48-55)51(56)45-42-39-36-33-30-23-20-17-14-11-8-5-2/h7,10,13,16,19,22,24-28,31-32,35,41,44,49-51,55-56H,4-6,8-9,11-12,14-15,17-18,20-21,23,29-30,33-34,36-40,42-43,45-48H2,1-3H3,(H,54,57)/b10-7-,16-13+,22-19+,25-24-,27-26+,31-28+,35-32-,44-41+. The predicted octanol–water partition coefficient (Wildman–Crippen LogP) is 14.2. The zero-order valence-corrected chi connectivity index (χ0v) is 38.1. The summed E-state index contributed by atoms with van der Waals surface area (Å²) < 4.78 is 5.79. The second-order valence-corrected chi connectivity index (χ2v) is 15.9. The summed E-state index contributed by atoms with van der Waals surface area (Å²) in [6.45, 7) is 6.26. The van der Waals surface area contributed by atoms with E-state index in [1.54, 1.807) is 6.08 Å². The molecule has 0 rings (SSSR count). The molecular formula is C53H89NO5. The van der Waals surface area contributed by atoms with E-state index in [4.69, 9.17) is 4.74 Å². The Morgan fingerprint density at radius 2 is 1.02 bits per heavy atom. The summed E-state index contributed by atoms with van der Waals surface area (Å²) in [5.41, 5.74) is 0. The molecule has 0 aromatic rings. The molecule has 1 amide bonds. The van der Waals surface area contributed by atoms with Crippen molar-refractivity contribution in [2.45, 2.75) is 219 Å². The molecule has 0 spiro atoms. The third-order valence-electron chi connectivity index (χ3n) is 10.3. The fourth-order valence-electron chi connectivity index (χ4n) is 6.66. The van der Waals surface area contributed by atoms with Gasteiger partial charge in [-0.2, -0.15) is 0 Å². The van der Waals surface area contributed by atoms with Crippen LogP contribution in [0, 0.1) is 0 Å². The number of amides is 1. The van der Waals surface area contributed by atoms with Gasteiger partial charge in [0.15, 0.2) is 0 Å². The molecule has 3 atom stereocenters. The molecule has 0 aromatic heterocycles. The SMILES string of the molecule is CC\C=C/C=C/C=C/C=C\C=C\C=C\CCCCCC(=O)OC(/C=C/C/C=C\CCCCCCCC)CC(=O)NC(CO)C(O)CCCCCCCCCCCCCC. The number of rotatable bonds is 41. The second-order valence-electron chi connectivity index (χ2n) is 15.9. The molecule has 3 unspecified atom stereocenters. The minimum absolute atomic E-state index is 0.0526. The van der Waals surface area contributed by atoms with Crippen molar-refractivity contribution in [1.82, 2.24) is 5.32 Å². The van der Waals surface area contributed by atoms with Gasteiger partial charge in [-0.3, -0.25) is 9.59 Å². The zero-order chi connectivity index (χ0) is 43.1. The first kappa shape index (κ1) is 55.8. The van der Waals surface area contributed by atoms with Gasteiger partial charge in [0.05, 0.1) is 25.2 Å². The van der Waals surface area contributed by atoms with Crippen LogP contribution in [0.4, 0.5) is 0 Å². The summed E-state index contributed by atoms with van der Waals surface area (Å²) in [7, 11) is 0. The Labute approximate surface area is 363 Å². The van der Waals surface area contributed by atoms with Crippen molar-refractivity contribution in [1.29, 1.82) is 0 Å². The highest BCUT2D eigenvalue weighted by Gasteiger charge is 2.23. The number of nitrogens with one attached hydrogen (secondary N) is 1. The zero-order valence-electron chi connectivity index (χ0n) is 38.1. The molecule has 0 aromatic carbocycles. The van der Waals surface area contributed by atoms with Gasteiger partial charge in [-0.25, -0.2) is 0 Å². The third-order valence-corrected chi connectivity index (χ3v) is 10.3. The fraction of sp³-hybridized carbons (Fsp3) is 0.660. The van der Waals surface area contributed by atoms with Crippen molar-refractivity contribution >= 4 is 11.9 Å². The van der Waals surface area contributed by atoms with Gasteiger partial charge in [0, 0.05) is 6.42 Å². The summed E-state index contributed by atoms with van der Waals surface area (Å²) in [5, 5.41) is 23.6. The second kappa shape index (κ2) is 45.9. The first-order valence-corrected chi connectivity index (χ1v) is 24.1. The quantitative estimate of drug-likeness (QED) is 0.0247. The molecule has 0 bridgehead atoms. The third kappa shape index (κ3) is 41.3. The number of carbonyl (C=O) groups excluding carboxylic acids is 2. The molecule has 0 aliphatic heterocycles. The molecule has 0 aliphatic carbocycles. The average molecular weight is 820 g/mol. The summed E-state index contributed by atoms with van der Waals surface area (Å²) >= 11 is 0. The summed E-state index contributed by atoms with van der Waals surface area (Å²) in [5.74, 6) is -0.664. The monoisotopic (exact) mass is 820 g/mol. The molecule has 0 fully saturated rings. The van der Waals surface area contributed by atoms with Crippen LogP contribution in [-0.4, -0.2) is 46.9 Å². The minimum atomic E-state index is -0.823. The highest BCUT2D eigenvalue weighted by atomic mass is 16.5. The number of hydrogen-bond acceptors (Lipinski definition) is 5. The molecule has 3 N–H and O–H groups in total. The highest BCUT2D eigenvalue weighted by Crippen LogP contribution is 2.15. The van der Waals surface area contributed by atoms with Gasteiger partial charge in [-0.05, 0) is 57.4 Å². The lowest BCUT2D eigenvalue weighted by molar-refractivity contribution is -0.148. The molecule has 0 saturated carbocycles. The Kier molecular flexibility index (Phi) is 43.4. The Morgan fingerprint density at radius 1 is 0.542 bits per heavy atom. The minimum Gasteiger partial charge on any atom is -0.458 e. The molecule has 0 heterocycles. The smallest absolute Gasteiger partial charge is 0.306 e. The van der Waals surface area contributed by atoms with Crippen molar-refractivity contribution < 1.29 is 24.5 Å². The van der Waals surface area contributed by atoms with E-state index in [2.05, 4.69) is 50.4 Å². The van der Waals surface area contributed by atoms with E-state index in [0.717, 1.165) is 57.8 Å². The maximum Gasteiger partial charge on any atom is 0.306 e. The van der Waals surface area contributed by atoms with Gasteiger partial charge >= 0.3 is 5.97 Å². The Hall–Kier alpha value is -3.22. The first-order chi connectivity index (χ1) is 29.0. The van der Waals surface area contributed by atoms with Crippen LogP contribution in [0.3, 0.4) is 0 Å². The Bertz CT molecular complexity index is 1190. The maximum atomic E-state index is 13.1. The van der Waals surface area contributed by atoms with Crippen molar-refractivity contribution in [2.75, 3.05) is 6.61 Å². The maximum absolute atomic E-state index is 13.1. The number of carbonyl (C=O) groups is 2.